The molecule has 1 amide bonds. The molecular weight excluding hydrogens is 418 g/mol. The van der Waals surface area contributed by atoms with Crippen LogP contribution in [0.4, 0.5) is 5.69 Å². The molecule has 0 radical (unpaired) electrons. The minimum absolute atomic E-state index is 0.0564. The van der Waals surface area contributed by atoms with E-state index in [0.717, 1.165) is 5.56 Å². The third kappa shape index (κ3) is 4.17. The molecule has 1 fully saturated rings. The predicted octanol–water partition coefficient (Wildman–Crippen LogP) is 2.57. The summed E-state index contributed by atoms with van der Waals surface area (Å²) in [7, 11) is -1.19. The molecule has 1 aliphatic heterocycles. The Morgan fingerprint density at radius 1 is 1.28 bits per heavy atom. The molecule has 0 bridgehead atoms. The van der Waals surface area contributed by atoms with Gasteiger partial charge in [0.15, 0.2) is 0 Å². The van der Waals surface area contributed by atoms with E-state index < -0.39 is 27.9 Å². The summed E-state index contributed by atoms with van der Waals surface area (Å²) in [5.74, 6) is -1.05. The van der Waals surface area contributed by atoms with Crippen molar-refractivity contribution >= 4 is 39.2 Å². The van der Waals surface area contributed by atoms with Crippen molar-refractivity contribution in [3.63, 3.8) is 0 Å². The van der Waals surface area contributed by atoms with E-state index in [0.29, 0.717) is 23.6 Å². The quantitative estimate of drug-likeness (QED) is 0.722. The lowest BCUT2D eigenvalue weighted by Crippen LogP contribution is -2.43. The highest BCUT2D eigenvalue weighted by Crippen LogP contribution is 2.29. The highest BCUT2D eigenvalue weighted by molar-refractivity contribution is 7.89. The SMILES string of the molecule is COC(=O)c1cc(S(=O)(=O)N2CCC[C@@H]2C(=O)Nc2cc(Cl)ccc2C)cn1C. The molecule has 0 unspecified atom stereocenters. The summed E-state index contributed by atoms with van der Waals surface area (Å²) in [5.41, 5.74) is 1.47. The number of halogens is 1. The number of nitrogens with zero attached hydrogens (tertiary/aromatic N) is 2. The fourth-order valence-corrected chi connectivity index (χ4v) is 5.25. The van der Waals surface area contributed by atoms with Crippen LogP contribution in [-0.4, -0.2) is 48.9 Å². The van der Waals surface area contributed by atoms with Crippen molar-refractivity contribution in [3.05, 3.63) is 46.7 Å². The second-order valence-electron chi connectivity index (χ2n) is 6.89. The first kappa shape index (κ1) is 21.4. The van der Waals surface area contributed by atoms with Crippen molar-refractivity contribution in [1.82, 2.24) is 8.87 Å². The molecule has 1 atom stereocenters. The van der Waals surface area contributed by atoms with Gasteiger partial charge in [0.25, 0.3) is 0 Å². The Labute approximate surface area is 174 Å². The number of amides is 1. The van der Waals surface area contributed by atoms with Gasteiger partial charge in [-0.15, -0.1) is 0 Å². The molecule has 1 aliphatic rings. The minimum atomic E-state index is -3.97. The number of anilines is 1. The Hall–Kier alpha value is -2.36. The summed E-state index contributed by atoms with van der Waals surface area (Å²) >= 11 is 6.00. The molecule has 10 heteroatoms. The molecule has 1 saturated heterocycles. The smallest absolute Gasteiger partial charge is 0.354 e. The number of ether oxygens (including phenoxy) is 1. The summed E-state index contributed by atoms with van der Waals surface area (Å²) in [5, 5.41) is 3.26. The summed E-state index contributed by atoms with van der Waals surface area (Å²) in [6.45, 7) is 2.05. The van der Waals surface area contributed by atoms with E-state index in [1.807, 2.05) is 6.92 Å². The van der Waals surface area contributed by atoms with Gasteiger partial charge in [0.2, 0.25) is 15.9 Å². The van der Waals surface area contributed by atoms with E-state index in [1.165, 1.54) is 28.2 Å². The van der Waals surface area contributed by atoms with Gasteiger partial charge in [-0.1, -0.05) is 17.7 Å². The van der Waals surface area contributed by atoms with Gasteiger partial charge in [-0.3, -0.25) is 4.79 Å². The largest absolute Gasteiger partial charge is 0.464 e. The molecule has 0 spiro atoms. The van der Waals surface area contributed by atoms with E-state index in [1.54, 1.807) is 25.2 Å². The highest BCUT2D eigenvalue weighted by atomic mass is 35.5. The number of sulfonamides is 1. The summed E-state index contributed by atoms with van der Waals surface area (Å²) in [6.07, 6.45) is 2.31. The zero-order valence-electron chi connectivity index (χ0n) is 16.3. The molecule has 0 aliphatic carbocycles. The summed E-state index contributed by atoms with van der Waals surface area (Å²) in [4.78, 5) is 24.6. The lowest BCUT2D eigenvalue weighted by molar-refractivity contribution is -0.119. The summed E-state index contributed by atoms with van der Waals surface area (Å²) in [6, 6.07) is 5.53. The van der Waals surface area contributed by atoms with Gasteiger partial charge in [0.1, 0.15) is 16.6 Å². The number of hydrogen-bond donors (Lipinski definition) is 1. The Kier molecular flexibility index (Phi) is 6.02. The van der Waals surface area contributed by atoms with Crippen LogP contribution in [0.15, 0.2) is 35.4 Å². The average molecular weight is 440 g/mol. The van der Waals surface area contributed by atoms with Crippen LogP contribution in [-0.2, 0) is 26.6 Å². The highest BCUT2D eigenvalue weighted by Gasteiger charge is 2.40. The molecule has 0 saturated carbocycles. The maximum Gasteiger partial charge on any atom is 0.354 e. The second kappa shape index (κ2) is 8.17. The molecular formula is C19H22ClN3O5S. The Morgan fingerprint density at radius 2 is 2.00 bits per heavy atom. The van der Waals surface area contributed by atoms with Gasteiger partial charge in [0, 0.05) is 30.5 Å². The summed E-state index contributed by atoms with van der Waals surface area (Å²) < 4.78 is 33.6. The van der Waals surface area contributed by atoms with E-state index in [9.17, 15) is 18.0 Å². The molecule has 29 heavy (non-hydrogen) atoms. The monoisotopic (exact) mass is 439 g/mol. The van der Waals surface area contributed by atoms with Crippen LogP contribution in [0.5, 0.6) is 0 Å². The van der Waals surface area contributed by atoms with Gasteiger partial charge in [0.05, 0.1) is 7.11 Å². The molecule has 1 N–H and O–H groups in total. The number of carbonyl (C=O) groups excluding carboxylic acids is 2. The van der Waals surface area contributed by atoms with E-state index >= 15 is 0 Å². The first-order valence-corrected chi connectivity index (χ1v) is 10.8. The molecule has 2 heterocycles. The first-order valence-electron chi connectivity index (χ1n) is 8.98. The van der Waals surface area contributed by atoms with Crippen molar-refractivity contribution in [3.8, 4) is 0 Å². The van der Waals surface area contributed by atoms with Crippen LogP contribution in [0.25, 0.3) is 0 Å². The number of nitrogens with one attached hydrogen (secondary N) is 1. The molecule has 3 rings (SSSR count). The van der Waals surface area contributed by atoms with Crippen LogP contribution >= 0.6 is 11.6 Å². The van der Waals surface area contributed by atoms with E-state index in [4.69, 9.17) is 11.6 Å². The number of rotatable bonds is 5. The van der Waals surface area contributed by atoms with Crippen LogP contribution in [0.1, 0.15) is 28.9 Å². The van der Waals surface area contributed by atoms with Crippen molar-refractivity contribution in [1.29, 1.82) is 0 Å². The lowest BCUT2D eigenvalue weighted by atomic mass is 10.1. The minimum Gasteiger partial charge on any atom is -0.464 e. The number of benzene rings is 1. The van der Waals surface area contributed by atoms with Crippen molar-refractivity contribution < 1.29 is 22.7 Å². The molecule has 1 aromatic heterocycles. The van der Waals surface area contributed by atoms with Gasteiger partial charge in [-0.2, -0.15) is 4.31 Å². The zero-order chi connectivity index (χ0) is 21.3. The molecule has 156 valence electrons. The maximum atomic E-state index is 13.2. The normalized spacial score (nSPS) is 17.3. The lowest BCUT2D eigenvalue weighted by Gasteiger charge is -2.23. The predicted molar refractivity (Wildman–Crippen MR) is 108 cm³/mol. The van der Waals surface area contributed by atoms with Crippen molar-refractivity contribution in [2.45, 2.75) is 30.7 Å². The fraction of sp³-hybridized carbons (Fsp3) is 0.368. The number of carbonyl (C=O) groups is 2. The van der Waals surface area contributed by atoms with Crippen LogP contribution < -0.4 is 5.32 Å². The first-order chi connectivity index (χ1) is 13.6. The molecule has 2 aromatic rings. The van der Waals surface area contributed by atoms with Crippen LogP contribution in [0, 0.1) is 6.92 Å². The van der Waals surface area contributed by atoms with Gasteiger partial charge >= 0.3 is 5.97 Å². The number of aryl methyl sites for hydroxylation is 2. The Bertz CT molecular complexity index is 1060. The van der Waals surface area contributed by atoms with Crippen molar-refractivity contribution in [2.24, 2.45) is 7.05 Å². The molecule has 8 nitrogen and oxygen atoms in total. The Morgan fingerprint density at radius 3 is 2.69 bits per heavy atom. The van der Waals surface area contributed by atoms with Gasteiger partial charge < -0.3 is 14.6 Å². The number of esters is 1. The van der Waals surface area contributed by atoms with Crippen molar-refractivity contribution in [2.75, 3.05) is 19.0 Å². The second-order valence-corrected chi connectivity index (χ2v) is 9.21. The zero-order valence-corrected chi connectivity index (χ0v) is 17.9. The Balaban J connectivity index is 1.87. The van der Waals surface area contributed by atoms with E-state index in [2.05, 4.69) is 10.1 Å². The standard InChI is InChI=1S/C19H22ClN3O5S/c1-12-6-7-13(20)9-15(12)21-18(24)16-5-4-8-23(16)29(26,27)14-10-17(19(25)28-3)22(2)11-14/h6-7,9-11,16H,4-5,8H2,1-3H3,(H,21,24)/t16-/m1/s1. The third-order valence-electron chi connectivity index (χ3n) is 4.94. The third-order valence-corrected chi connectivity index (χ3v) is 7.05. The van der Waals surface area contributed by atoms with Gasteiger partial charge in [-0.25, -0.2) is 13.2 Å². The average Bonchev–Trinajstić information content (AvgIpc) is 3.31. The number of aromatic nitrogens is 1. The number of hydrogen-bond acceptors (Lipinski definition) is 5. The maximum absolute atomic E-state index is 13.2. The van der Waals surface area contributed by atoms with E-state index in [-0.39, 0.29) is 17.1 Å². The fourth-order valence-electron chi connectivity index (χ4n) is 3.35. The number of methoxy groups -OCH3 is 1. The topological polar surface area (TPSA) is 97.7 Å². The molecule has 1 aromatic carbocycles. The van der Waals surface area contributed by atoms with Crippen LogP contribution in [0.3, 0.4) is 0 Å². The van der Waals surface area contributed by atoms with Gasteiger partial charge in [-0.05, 0) is 43.5 Å². The van der Waals surface area contributed by atoms with Crippen LogP contribution in [0.2, 0.25) is 5.02 Å².